The standard InChI is InChI=1S/C16H16ClF2NS/c1-3-20-10(2)11-4-7-15(13(17)8-11)21-16-9-12(18)5-6-14(16)19/h4-10,20H,3H2,1-2H3. The maximum Gasteiger partial charge on any atom is 0.137 e. The lowest BCUT2D eigenvalue weighted by molar-refractivity contribution is 0.577. The van der Waals surface area contributed by atoms with Gasteiger partial charge in [0.25, 0.3) is 0 Å². The zero-order chi connectivity index (χ0) is 15.4. The van der Waals surface area contributed by atoms with Gasteiger partial charge in [-0.05, 0) is 49.4 Å². The summed E-state index contributed by atoms with van der Waals surface area (Å²) in [5, 5.41) is 3.83. The van der Waals surface area contributed by atoms with E-state index in [9.17, 15) is 8.78 Å². The first-order valence-electron chi connectivity index (χ1n) is 6.67. The molecule has 1 nitrogen and oxygen atoms in total. The number of benzene rings is 2. The van der Waals surface area contributed by atoms with Crippen molar-refractivity contribution in [2.75, 3.05) is 6.54 Å². The molecule has 0 aliphatic carbocycles. The van der Waals surface area contributed by atoms with Crippen molar-refractivity contribution in [2.24, 2.45) is 0 Å². The predicted molar refractivity (Wildman–Crippen MR) is 84.0 cm³/mol. The number of halogens is 3. The Hall–Kier alpha value is -1.10. The lowest BCUT2D eigenvalue weighted by Gasteiger charge is -2.14. The minimum Gasteiger partial charge on any atom is -0.310 e. The predicted octanol–water partition coefficient (Wildman–Crippen LogP) is 5.44. The Morgan fingerprint density at radius 3 is 2.57 bits per heavy atom. The zero-order valence-electron chi connectivity index (χ0n) is 11.8. The SMILES string of the molecule is CCNC(C)c1ccc(Sc2cc(F)ccc2F)c(Cl)c1. The van der Waals surface area contributed by atoms with E-state index in [0.717, 1.165) is 36.0 Å². The van der Waals surface area contributed by atoms with Crippen LogP contribution < -0.4 is 5.32 Å². The molecule has 0 saturated heterocycles. The fourth-order valence-electron chi connectivity index (χ4n) is 1.97. The molecular formula is C16H16ClF2NS. The molecule has 21 heavy (non-hydrogen) atoms. The molecule has 0 heterocycles. The summed E-state index contributed by atoms with van der Waals surface area (Å²) in [6.45, 7) is 4.95. The van der Waals surface area contributed by atoms with Crippen molar-refractivity contribution in [1.29, 1.82) is 0 Å². The first-order chi connectivity index (χ1) is 10.0. The molecule has 0 spiro atoms. The van der Waals surface area contributed by atoms with E-state index < -0.39 is 11.6 Å². The number of nitrogens with one attached hydrogen (secondary N) is 1. The normalized spacial score (nSPS) is 12.4. The van der Waals surface area contributed by atoms with Crippen LogP contribution in [0.25, 0.3) is 0 Å². The third kappa shape index (κ3) is 4.19. The van der Waals surface area contributed by atoms with Crippen molar-refractivity contribution in [3.05, 3.63) is 58.6 Å². The van der Waals surface area contributed by atoms with Gasteiger partial charge in [-0.25, -0.2) is 8.78 Å². The second kappa shape index (κ2) is 7.25. The summed E-state index contributed by atoms with van der Waals surface area (Å²) in [6, 6.07) is 9.21. The zero-order valence-corrected chi connectivity index (χ0v) is 13.4. The molecule has 112 valence electrons. The Labute approximate surface area is 132 Å². The van der Waals surface area contributed by atoms with Gasteiger partial charge in [-0.2, -0.15) is 0 Å². The third-order valence-corrected chi connectivity index (χ3v) is 4.61. The van der Waals surface area contributed by atoms with Gasteiger partial charge in [0.2, 0.25) is 0 Å². The van der Waals surface area contributed by atoms with E-state index in [1.807, 2.05) is 32.0 Å². The average Bonchev–Trinajstić information content (AvgIpc) is 2.45. The van der Waals surface area contributed by atoms with Crippen molar-refractivity contribution in [3.8, 4) is 0 Å². The Morgan fingerprint density at radius 1 is 1.14 bits per heavy atom. The molecule has 5 heteroatoms. The van der Waals surface area contributed by atoms with Crippen LogP contribution in [-0.4, -0.2) is 6.54 Å². The molecule has 0 aliphatic heterocycles. The van der Waals surface area contributed by atoms with Crippen LogP contribution in [0, 0.1) is 11.6 Å². The summed E-state index contributed by atoms with van der Waals surface area (Å²) >= 11 is 7.37. The highest BCUT2D eigenvalue weighted by molar-refractivity contribution is 7.99. The molecule has 2 rings (SSSR count). The summed E-state index contributed by atoms with van der Waals surface area (Å²) in [5.41, 5.74) is 1.06. The van der Waals surface area contributed by atoms with Gasteiger partial charge >= 0.3 is 0 Å². The topological polar surface area (TPSA) is 12.0 Å². The van der Waals surface area contributed by atoms with Crippen LogP contribution in [-0.2, 0) is 0 Å². The molecule has 0 amide bonds. The lowest BCUT2D eigenvalue weighted by atomic mass is 10.1. The number of hydrogen-bond acceptors (Lipinski definition) is 2. The summed E-state index contributed by atoms with van der Waals surface area (Å²) < 4.78 is 26.8. The monoisotopic (exact) mass is 327 g/mol. The van der Waals surface area contributed by atoms with Crippen molar-refractivity contribution in [2.45, 2.75) is 29.7 Å². The molecule has 2 aromatic carbocycles. The first kappa shape index (κ1) is 16.3. The van der Waals surface area contributed by atoms with Crippen LogP contribution in [0.5, 0.6) is 0 Å². The van der Waals surface area contributed by atoms with Crippen LogP contribution in [0.3, 0.4) is 0 Å². The molecule has 1 N–H and O–H groups in total. The highest BCUT2D eigenvalue weighted by Gasteiger charge is 2.11. The summed E-state index contributed by atoms with van der Waals surface area (Å²) in [6.07, 6.45) is 0. The van der Waals surface area contributed by atoms with E-state index in [1.54, 1.807) is 0 Å². The maximum absolute atomic E-state index is 13.7. The van der Waals surface area contributed by atoms with Gasteiger partial charge in [0.15, 0.2) is 0 Å². The van der Waals surface area contributed by atoms with Crippen LogP contribution in [0.4, 0.5) is 8.78 Å². The Morgan fingerprint density at radius 2 is 1.90 bits per heavy atom. The van der Waals surface area contributed by atoms with E-state index in [-0.39, 0.29) is 10.9 Å². The molecule has 0 radical (unpaired) electrons. The van der Waals surface area contributed by atoms with Gasteiger partial charge in [-0.1, -0.05) is 36.4 Å². The van der Waals surface area contributed by atoms with E-state index >= 15 is 0 Å². The van der Waals surface area contributed by atoms with Crippen LogP contribution in [0.15, 0.2) is 46.2 Å². The summed E-state index contributed by atoms with van der Waals surface area (Å²) in [5.74, 6) is -0.921. The van der Waals surface area contributed by atoms with Crippen molar-refractivity contribution in [1.82, 2.24) is 5.32 Å². The second-order valence-electron chi connectivity index (χ2n) is 4.65. The van der Waals surface area contributed by atoms with E-state index in [4.69, 9.17) is 11.6 Å². The molecule has 0 saturated carbocycles. The largest absolute Gasteiger partial charge is 0.310 e. The van der Waals surface area contributed by atoms with Gasteiger partial charge in [0.05, 0.1) is 9.92 Å². The lowest BCUT2D eigenvalue weighted by Crippen LogP contribution is -2.17. The fourth-order valence-corrected chi connectivity index (χ4v) is 3.14. The maximum atomic E-state index is 13.7. The molecular weight excluding hydrogens is 312 g/mol. The Balaban J connectivity index is 2.23. The van der Waals surface area contributed by atoms with E-state index in [0.29, 0.717) is 9.92 Å². The molecule has 0 bridgehead atoms. The van der Waals surface area contributed by atoms with Gasteiger partial charge in [0, 0.05) is 10.9 Å². The minimum absolute atomic E-state index is 0.192. The average molecular weight is 328 g/mol. The van der Waals surface area contributed by atoms with Crippen molar-refractivity contribution >= 4 is 23.4 Å². The van der Waals surface area contributed by atoms with Gasteiger partial charge in [-0.3, -0.25) is 0 Å². The highest BCUT2D eigenvalue weighted by Crippen LogP contribution is 2.36. The van der Waals surface area contributed by atoms with Crippen LogP contribution >= 0.6 is 23.4 Å². The Kier molecular flexibility index (Phi) is 5.62. The third-order valence-electron chi connectivity index (χ3n) is 3.08. The Bertz CT molecular complexity index is 634. The molecule has 1 unspecified atom stereocenters. The van der Waals surface area contributed by atoms with E-state index in [2.05, 4.69) is 5.32 Å². The van der Waals surface area contributed by atoms with Gasteiger partial charge in [-0.15, -0.1) is 0 Å². The number of hydrogen-bond donors (Lipinski definition) is 1. The van der Waals surface area contributed by atoms with Gasteiger partial charge < -0.3 is 5.32 Å². The van der Waals surface area contributed by atoms with Gasteiger partial charge in [0.1, 0.15) is 11.6 Å². The first-order valence-corrected chi connectivity index (χ1v) is 7.86. The van der Waals surface area contributed by atoms with Crippen molar-refractivity contribution in [3.63, 3.8) is 0 Å². The molecule has 0 aromatic heterocycles. The minimum atomic E-state index is -0.465. The molecule has 2 aromatic rings. The fraction of sp³-hybridized carbons (Fsp3) is 0.250. The summed E-state index contributed by atoms with van der Waals surface area (Å²) in [7, 11) is 0. The quantitative estimate of drug-likeness (QED) is 0.784. The number of rotatable bonds is 5. The highest BCUT2D eigenvalue weighted by atomic mass is 35.5. The molecule has 0 fully saturated rings. The van der Waals surface area contributed by atoms with Crippen molar-refractivity contribution < 1.29 is 8.78 Å². The summed E-state index contributed by atoms with van der Waals surface area (Å²) in [4.78, 5) is 0.929. The molecule has 0 aliphatic rings. The molecule has 1 atom stereocenters. The van der Waals surface area contributed by atoms with E-state index in [1.165, 1.54) is 6.07 Å². The van der Waals surface area contributed by atoms with Crippen LogP contribution in [0.1, 0.15) is 25.5 Å². The smallest absolute Gasteiger partial charge is 0.137 e. The second-order valence-corrected chi connectivity index (χ2v) is 6.14. The van der Waals surface area contributed by atoms with Crippen LogP contribution in [0.2, 0.25) is 5.02 Å².